The molecule has 0 radical (unpaired) electrons. The summed E-state index contributed by atoms with van der Waals surface area (Å²) in [6.45, 7) is 0. The van der Waals surface area contributed by atoms with Crippen molar-refractivity contribution >= 4 is 0 Å². The van der Waals surface area contributed by atoms with Crippen molar-refractivity contribution in [3.8, 4) is 36.2 Å². The van der Waals surface area contributed by atoms with Gasteiger partial charge in [-0.1, -0.05) is 36.1 Å². The fourth-order valence-electron chi connectivity index (χ4n) is 2.44. The van der Waals surface area contributed by atoms with Gasteiger partial charge in [-0.15, -0.1) is 12.8 Å². The predicted molar refractivity (Wildman–Crippen MR) is 99.7 cm³/mol. The first-order valence-corrected chi connectivity index (χ1v) is 8.02. The average molecular weight is 334 g/mol. The van der Waals surface area contributed by atoms with Crippen LogP contribution in [0.15, 0.2) is 48.5 Å². The van der Waals surface area contributed by atoms with Crippen molar-refractivity contribution in [3.63, 3.8) is 0 Å². The largest absolute Gasteiger partial charge is 0.497 e. The standard InChI is InChI=1S/C22H22O3/c1-5-19(15-17-7-11-21(23-3)12-8-17)25-20(6-2)16-18-9-13-22(24-4)14-10-18/h1-2,7-14,19-20H,15-16H2,3-4H3. The van der Waals surface area contributed by atoms with Crippen LogP contribution in [0.4, 0.5) is 0 Å². The highest BCUT2D eigenvalue weighted by molar-refractivity contribution is 5.29. The number of hydrogen-bond acceptors (Lipinski definition) is 3. The maximum Gasteiger partial charge on any atom is 0.123 e. The molecule has 0 aliphatic rings. The second-order valence-corrected chi connectivity index (χ2v) is 5.55. The molecule has 0 N–H and O–H groups in total. The molecule has 0 heterocycles. The van der Waals surface area contributed by atoms with Gasteiger partial charge in [0.2, 0.25) is 0 Å². The van der Waals surface area contributed by atoms with Crippen LogP contribution in [0.1, 0.15) is 11.1 Å². The van der Waals surface area contributed by atoms with Crippen LogP contribution >= 0.6 is 0 Å². The second kappa shape index (κ2) is 9.42. The van der Waals surface area contributed by atoms with E-state index >= 15 is 0 Å². The molecular weight excluding hydrogens is 312 g/mol. The molecule has 25 heavy (non-hydrogen) atoms. The smallest absolute Gasteiger partial charge is 0.123 e. The highest BCUT2D eigenvalue weighted by Crippen LogP contribution is 2.17. The summed E-state index contributed by atoms with van der Waals surface area (Å²) in [5, 5.41) is 0. The molecule has 0 aromatic heterocycles. The summed E-state index contributed by atoms with van der Waals surface area (Å²) < 4.78 is 16.3. The van der Waals surface area contributed by atoms with E-state index in [1.54, 1.807) is 14.2 Å². The number of rotatable bonds is 8. The minimum atomic E-state index is -0.382. The Kier molecular flexibility index (Phi) is 6.96. The summed E-state index contributed by atoms with van der Waals surface area (Å²) in [5.74, 6) is 6.97. The molecule has 3 heteroatoms. The summed E-state index contributed by atoms with van der Waals surface area (Å²) in [6, 6.07) is 15.5. The molecule has 0 bridgehead atoms. The minimum absolute atomic E-state index is 0.382. The fraction of sp³-hybridized carbons (Fsp3) is 0.273. The Hall–Kier alpha value is -2.88. The normalized spacial score (nSPS) is 12.5. The third-order valence-electron chi connectivity index (χ3n) is 3.86. The monoisotopic (exact) mass is 334 g/mol. The van der Waals surface area contributed by atoms with E-state index in [0.29, 0.717) is 12.8 Å². The van der Waals surface area contributed by atoms with Gasteiger partial charge in [-0.2, -0.15) is 0 Å². The van der Waals surface area contributed by atoms with Crippen molar-refractivity contribution in [3.05, 3.63) is 59.7 Å². The summed E-state index contributed by atoms with van der Waals surface area (Å²) in [4.78, 5) is 0. The zero-order valence-corrected chi connectivity index (χ0v) is 14.6. The molecule has 0 saturated heterocycles. The third-order valence-corrected chi connectivity index (χ3v) is 3.86. The lowest BCUT2D eigenvalue weighted by atomic mass is 10.1. The molecular formula is C22H22O3. The first-order valence-electron chi connectivity index (χ1n) is 8.02. The highest BCUT2D eigenvalue weighted by atomic mass is 16.5. The van der Waals surface area contributed by atoms with E-state index in [0.717, 1.165) is 22.6 Å². The topological polar surface area (TPSA) is 27.7 Å². The van der Waals surface area contributed by atoms with Gasteiger partial charge in [0.15, 0.2) is 0 Å². The summed E-state index contributed by atoms with van der Waals surface area (Å²) >= 11 is 0. The van der Waals surface area contributed by atoms with Crippen LogP contribution in [0.3, 0.4) is 0 Å². The molecule has 2 atom stereocenters. The van der Waals surface area contributed by atoms with E-state index in [1.807, 2.05) is 48.5 Å². The molecule has 0 aliphatic heterocycles. The van der Waals surface area contributed by atoms with E-state index in [4.69, 9.17) is 27.1 Å². The van der Waals surface area contributed by atoms with Crippen LogP contribution < -0.4 is 9.47 Å². The van der Waals surface area contributed by atoms with Gasteiger partial charge in [-0.25, -0.2) is 0 Å². The van der Waals surface area contributed by atoms with Crippen LogP contribution in [0.25, 0.3) is 0 Å². The molecule has 2 unspecified atom stereocenters. The van der Waals surface area contributed by atoms with Crippen LogP contribution in [0.5, 0.6) is 11.5 Å². The lowest BCUT2D eigenvalue weighted by Crippen LogP contribution is -2.23. The van der Waals surface area contributed by atoms with Crippen molar-refractivity contribution in [2.24, 2.45) is 0 Å². The molecule has 2 aromatic rings. The molecule has 0 amide bonds. The minimum Gasteiger partial charge on any atom is -0.497 e. The summed E-state index contributed by atoms with van der Waals surface area (Å²) in [7, 11) is 3.28. The first kappa shape index (κ1) is 18.5. The SMILES string of the molecule is C#CC(Cc1ccc(OC)cc1)OC(C#C)Cc1ccc(OC)cc1. The quantitative estimate of drug-likeness (QED) is 0.692. The molecule has 2 aromatic carbocycles. The van der Waals surface area contributed by atoms with Gasteiger partial charge in [0.1, 0.15) is 23.7 Å². The van der Waals surface area contributed by atoms with Crippen LogP contribution in [0.2, 0.25) is 0 Å². The van der Waals surface area contributed by atoms with Crippen LogP contribution in [0, 0.1) is 24.7 Å². The van der Waals surface area contributed by atoms with E-state index in [-0.39, 0.29) is 12.2 Å². The van der Waals surface area contributed by atoms with Gasteiger partial charge >= 0.3 is 0 Å². The van der Waals surface area contributed by atoms with Crippen LogP contribution in [-0.4, -0.2) is 26.4 Å². The Bertz CT molecular complexity index is 667. The summed E-state index contributed by atoms with van der Waals surface area (Å²) in [6.07, 6.45) is 11.7. The van der Waals surface area contributed by atoms with Crippen molar-refractivity contribution in [2.45, 2.75) is 25.0 Å². The highest BCUT2D eigenvalue weighted by Gasteiger charge is 2.14. The van der Waals surface area contributed by atoms with Crippen molar-refractivity contribution in [1.29, 1.82) is 0 Å². The number of hydrogen-bond donors (Lipinski definition) is 0. The van der Waals surface area contributed by atoms with E-state index in [9.17, 15) is 0 Å². The number of methoxy groups -OCH3 is 2. The van der Waals surface area contributed by atoms with Gasteiger partial charge in [-0.05, 0) is 35.4 Å². The van der Waals surface area contributed by atoms with E-state index in [2.05, 4.69) is 11.8 Å². The Morgan fingerprint density at radius 2 is 1.08 bits per heavy atom. The molecule has 0 fully saturated rings. The number of benzene rings is 2. The lowest BCUT2D eigenvalue weighted by molar-refractivity contribution is 0.0533. The van der Waals surface area contributed by atoms with Gasteiger partial charge < -0.3 is 14.2 Å². The first-order chi connectivity index (χ1) is 12.2. The lowest BCUT2D eigenvalue weighted by Gasteiger charge is -2.18. The predicted octanol–water partition coefficient (Wildman–Crippen LogP) is 3.51. The van der Waals surface area contributed by atoms with E-state index < -0.39 is 0 Å². The Labute approximate surface area is 149 Å². The maximum absolute atomic E-state index is 5.94. The number of terminal acetylenes is 2. The molecule has 0 spiro atoms. The maximum atomic E-state index is 5.94. The summed E-state index contributed by atoms with van der Waals surface area (Å²) in [5.41, 5.74) is 2.15. The van der Waals surface area contributed by atoms with Crippen molar-refractivity contribution in [2.75, 3.05) is 14.2 Å². The van der Waals surface area contributed by atoms with Gasteiger partial charge in [0.05, 0.1) is 14.2 Å². The molecule has 3 nitrogen and oxygen atoms in total. The van der Waals surface area contributed by atoms with E-state index in [1.165, 1.54) is 0 Å². The Morgan fingerprint density at radius 3 is 1.36 bits per heavy atom. The molecule has 128 valence electrons. The Morgan fingerprint density at radius 1 is 0.720 bits per heavy atom. The second-order valence-electron chi connectivity index (χ2n) is 5.55. The third kappa shape index (κ3) is 5.60. The molecule has 2 rings (SSSR count). The average Bonchev–Trinajstić information content (AvgIpc) is 2.67. The zero-order chi connectivity index (χ0) is 18.1. The van der Waals surface area contributed by atoms with Gasteiger partial charge in [-0.3, -0.25) is 0 Å². The van der Waals surface area contributed by atoms with Crippen molar-refractivity contribution < 1.29 is 14.2 Å². The fourth-order valence-corrected chi connectivity index (χ4v) is 2.44. The number of ether oxygens (including phenoxy) is 3. The van der Waals surface area contributed by atoms with Gasteiger partial charge in [0, 0.05) is 12.8 Å². The van der Waals surface area contributed by atoms with Gasteiger partial charge in [0.25, 0.3) is 0 Å². The molecule has 0 saturated carbocycles. The Balaban J connectivity index is 1.97. The molecule has 0 aliphatic carbocycles. The van der Waals surface area contributed by atoms with Crippen molar-refractivity contribution in [1.82, 2.24) is 0 Å². The van der Waals surface area contributed by atoms with Crippen LogP contribution in [-0.2, 0) is 17.6 Å². The zero-order valence-electron chi connectivity index (χ0n) is 14.6.